The largest absolute Gasteiger partial charge is 0.324 e. The molecule has 1 aromatic heterocycles. The van der Waals surface area contributed by atoms with Crippen molar-refractivity contribution < 1.29 is 0 Å². The van der Waals surface area contributed by atoms with Crippen LogP contribution in [0.15, 0.2) is 6.20 Å². The Balaban J connectivity index is 2.24. The van der Waals surface area contributed by atoms with Crippen molar-refractivity contribution in [2.75, 3.05) is 11.5 Å². The fourth-order valence-corrected chi connectivity index (χ4v) is 4.69. The van der Waals surface area contributed by atoms with E-state index in [0.717, 1.165) is 17.1 Å². The number of aromatic nitrogens is 2. The van der Waals surface area contributed by atoms with Crippen LogP contribution in [0.5, 0.6) is 0 Å². The van der Waals surface area contributed by atoms with E-state index in [1.54, 1.807) is 0 Å². The van der Waals surface area contributed by atoms with Crippen LogP contribution in [0.25, 0.3) is 0 Å². The smallest absolute Gasteiger partial charge is 0.142 e. The van der Waals surface area contributed by atoms with Crippen LogP contribution >= 0.6 is 23.5 Å². The normalized spacial score (nSPS) is 26.8. The van der Waals surface area contributed by atoms with Crippen molar-refractivity contribution in [1.29, 1.82) is 0 Å². The first-order valence-electron chi connectivity index (χ1n) is 5.92. The fraction of sp³-hybridized carbons (Fsp3) is 0.667. The Morgan fingerprint density at radius 2 is 2.12 bits per heavy atom. The molecule has 0 bridgehead atoms. The first kappa shape index (κ1) is 13.2. The molecule has 3 nitrogen and oxygen atoms in total. The van der Waals surface area contributed by atoms with E-state index in [1.807, 2.05) is 43.6 Å². The number of hydrogen-bond donors (Lipinski definition) is 1. The van der Waals surface area contributed by atoms with E-state index in [2.05, 4.69) is 16.9 Å². The molecule has 2 heterocycles. The topological polar surface area (TPSA) is 51.8 Å². The molecule has 1 fully saturated rings. The highest BCUT2D eigenvalue weighted by molar-refractivity contribution is 8.06. The Bertz CT molecular complexity index is 395. The highest BCUT2D eigenvalue weighted by atomic mass is 32.2. The first-order chi connectivity index (χ1) is 8.09. The minimum absolute atomic E-state index is 0.00913. The van der Waals surface area contributed by atoms with Gasteiger partial charge in [0.05, 0.1) is 5.25 Å². The molecule has 0 saturated carbocycles. The number of nitrogens with zero attached hydrogens (tertiary/aromatic N) is 2. The molecular weight excluding hydrogens is 250 g/mol. The molecule has 1 saturated heterocycles. The summed E-state index contributed by atoms with van der Waals surface area (Å²) >= 11 is 3.98. The molecule has 17 heavy (non-hydrogen) atoms. The maximum Gasteiger partial charge on any atom is 0.142 e. The van der Waals surface area contributed by atoms with E-state index < -0.39 is 0 Å². The van der Waals surface area contributed by atoms with Crippen LogP contribution in [0.2, 0.25) is 0 Å². The summed E-state index contributed by atoms with van der Waals surface area (Å²) in [5, 5.41) is 1.02. The lowest BCUT2D eigenvalue weighted by molar-refractivity contribution is 0.756. The molecule has 3 atom stereocenters. The highest BCUT2D eigenvalue weighted by Crippen LogP contribution is 2.41. The molecule has 0 aliphatic carbocycles. The van der Waals surface area contributed by atoms with E-state index in [0.29, 0.717) is 10.5 Å². The second-order valence-corrected chi connectivity index (χ2v) is 7.16. The molecular formula is C12H19N3S2. The van der Waals surface area contributed by atoms with Gasteiger partial charge >= 0.3 is 0 Å². The van der Waals surface area contributed by atoms with Gasteiger partial charge in [-0.05, 0) is 13.8 Å². The zero-order chi connectivity index (χ0) is 12.4. The highest BCUT2D eigenvalue weighted by Gasteiger charge is 2.26. The second-order valence-electron chi connectivity index (χ2n) is 4.42. The third kappa shape index (κ3) is 2.95. The molecule has 0 spiro atoms. The van der Waals surface area contributed by atoms with E-state index in [4.69, 9.17) is 5.73 Å². The molecule has 0 aromatic carbocycles. The van der Waals surface area contributed by atoms with Gasteiger partial charge in [-0.2, -0.15) is 11.8 Å². The standard InChI is InChI=1S/C12H19N3S2/c1-7(13)10-6-14-12(15-8(10)2)11-9(3)16-4-5-17-11/h6-7,9,11H,4-5,13H2,1-3H3/t7-,9?,11?/m0/s1. The van der Waals surface area contributed by atoms with Gasteiger partial charge in [-0.3, -0.25) is 0 Å². The summed E-state index contributed by atoms with van der Waals surface area (Å²) in [6, 6.07) is 0.00913. The minimum atomic E-state index is 0.00913. The summed E-state index contributed by atoms with van der Waals surface area (Å²) in [6.07, 6.45) is 1.90. The molecule has 2 unspecified atom stereocenters. The van der Waals surface area contributed by atoms with Crippen LogP contribution in [-0.4, -0.2) is 26.7 Å². The van der Waals surface area contributed by atoms with Gasteiger partial charge in [-0.15, -0.1) is 11.8 Å². The van der Waals surface area contributed by atoms with Crippen molar-refractivity contribution in [3.8, 4) is 0 Å². The Morgan fingerprint density at radius 1 is 1.41 bits per heavy atom. The van der Waals surface area contributed by atoms with Crippen molar-refractivity contribution in [3.05, 3.63) is 23.3 Å². The van der Waals surface area contributed by atoms with Crippen molar-refractivity contribution in [2.45, 2.75) is 37.3 Å². The van der Waals surface area contributed by atoms with E-state index in [9.17, 15) is 0 Å². The number of nitrogens with two attached hydrogens (primary N) is 1. The molecule has 94 valence electrons. The fourth-order valence-electron chi connectivity index (χ4n) is 1.99. The van der Waals surface area contributed by atoms with Gasteiger partial charge in [0.25, 0.3) is 0 Å². The maximum atomic E-state index is 5.88. The van der Waals surface area contributed by atoms with E-state index >= 15 is 0 Å². The number of aryl methyl sites for hydroxylation is 1. The first-order valence-corrected chi connectivity index (χ1v) is 8.01. The lowest BCUT2D eigenvalue weighted by Gasteiger charge is -2.27. The quantitative estimate of drug-likeness (QED) is 0.894. The maximum absolute atomic E-state index is 5.88. The molecule has 2 N–H and O–H groups in total. The average Bonchev–Trinajstić information content (AvgIpc) is 2.29. The summed E-state index contributed by atoms with van der Waals surface area (Å²) < 4.78 is 0. The zero-order valence-electron chi connectivity index (χ0n) is 10.5. The lowest BCUT2D eigenvalue weighted by atomic mass is 10.1. The number of rotatable bonds is 2. The van der Waals surface area contributed by atoms with Gasteiger partial charge in [-0.25, -0.2) is 9.97 Å². The van der Waals surface area contributed by atoms with Crippen molar-refractivity contribution >= 4 is 23.5 Å². The molecule has 1 aromatic rings. The predicted molar refractivity (Wildman–Crippen MR) is 76.5 cm³/mol. The van der Waals surface area contributed by atoms with Gasteiger partial charge in [0.15, 0.2) is 0 Å². The van der Waals surface area contributed by atoms with Crippen LogP contribution in [0.4, 0.5) is 0 Å². The molecule has 2 rings (SSSR count). The Labute approximate surface area is 111 Å². The molecule has 0 radical (unpaired) electrons. The van der Waals surface area contributed by atoms with Gasteiger partial charge in [0.2, 0.25) is 0 Å². The molecule has 1 aliphatic rings. The molecule has 1 aliphatic heterocycles. The molecule has 5 heteroatoms. The minimum Gasteiger partial charge on any atom is -0.324 e. The summed E-state index contributed by atoms with van der Waals surface area (Å²) in [6.45, 7) is 6.26. The summed E-state index contributed by atoms with van der Waals surface area (Å²) in [4.78, 5) is 9.15. The monoisotopic (exact) mass is 269 g/mol. The summed E-state index contributed by atoms with van der Waals surface area (Å²) in [7, 11) is 0. The third-order valence-electron chi connectivity index (χ3n) is 2.97. The van der Waals surface area contributed by atoms with Crippen molar-refractivity contribution in [3.63, 3.8) is 0 Å². The lowest BCUT2D eigenvalue weighted by Crippen LogP contribution is -2.19. The van der Waals surface area contributed by atoms with E-state index in [-0.39, 0.29) is 6.04 Å². The van der Waals surface area contributed by atoms with E-state index in [1.165, 1.54) is 11.5 Å². The second kappa shape index (κ2) is 5.59. The van der Waals surface area contributed by atoms with Gasteiger partial charge in [-0.1, -0.05) is 6.92 Å². The van der Waals surface area contributed by atoms with Crippen LogP contribution in [0.1, 0.15) is 42.2 Å². The number of thioether (sulfide) groups is 2. The Kier molecular flexibility index (Phi) is 4.33. The average molecular weight is 269 g/mol. The van der Waals surface area contributed by atoms with Crippen molar-refractivity contribution in [1.82, 2.24) is 9.97 Å². The van der Waals surface area contributed by atoms with Crippen LogP contribution < -0.4 is 5.73 Å². The van der Waals surface area contributed by atoms with Gasteiger partial charge < -0.3 is 5.73 Å². The zero-order valence-corrected chi connectivity index (χ0v) is 12.1. The van der Waals surface area contributed by atoms with Crippen LogP contribution in [0, 0.1) is 6.92 Å². The van der Waals surface area contributed by atoms with Gasteiger partial charge in [0.1, 0.15) is 5.82 Å². The SMILES string of the molecule is Cc1nc(C2SCCSC2C)ncc1[C@H](C)N. The summed E-state index contributed by atoms with van der Waals surface area (Å²) in [5.41, 5.74) is 7.95. The molecule has 0 amide bonds. The van der Waals surface area contributed by atoms with Gasteiger partial charge in [0, 0.05) is 40.3 Å². The van der Waals surface area contributed by atoms with Crippen LogP contribution in [-0.2, 0) is 0 Å². The Morgan fingerprint density at radius 3 is 2.71 bits per heavy atom. The predicted octanol–water partition coefficient (Wildman–Crippen LogP) is 2.71. The number of hydrogen-bond acceptors (Lipinski definition) is 5. The summed E-state index contributed by atoms with van der Waals surface area (Å²) in [5.74, 6) is 3.40. The third-order valence-corrected chi connectivity index (χ3v) is 6.06. The Hall–Kier alpha value is -0.260. The van der Waals surface area contributed by atoms with Crippen LogP contribution in [0.3, 0.4) is 0 Å². The van der Waals surface area contributed by atoms with Crippen molar-refractivity contribution in [2.24, 2.45) is 5.73 Å².